The topological polar surface area (TPSA) is 26.3 Å². The smallest absolute Gasteiger partial charge is 0.342 e. The second-order valence-electron chi connectivity index (χ2n) is 6.05. The summed E-state index contributed by atoms with van der Waals surface area (Å²) >= 11 is 0. The Hall–Kier alpha value is -2.42. The Bertz CT molecular complexity index is 688. The second-order valence-corrected chi connectivity index (χ2v) is 6.05. The van der Waals surface area contributed by atoms with Crippen LogP contribution in [0.25, 0.3) is 0 Å². The quantitative estimate of drug-likeness (QED) is 0.403. The van der Waals surface area contributed by atoms with Crippen molar-refractivity contribution >= 4 is 5.97 Å². The largest absolute Gasteiger partial charge is 0.423 e. The van der Waals surface area contributed by atoms with Gasteiger partial charge in [0.25, 0.3) is 0 Å². The third-order valence-corrected chi connectivity index (χ3v) is 4.14. The molecule has 126 valence electrons. The summed E-state index contributed by atoms with van der Waals surface area (Å²) in [5.41, 5.74) is 0.207. The maximum absolute atomic E-state index is 14.8. The molecule has 0 aliphatic carbocycles. The van der Waals surface area contributed by atoms with Gasteiger partial charge in [-0.05, 0) is 49.4 Å². The van der Waals surface area contributed by atoms with Gasteiger partial charge < -0.3 is 4.74 Å². The van der Waals surface area contributed by atoms with Gasteiger partial charge in [-0.3, -0.25) is 0 Å². The number of esters is 1. The summed E-state index contributed by atoms with van der Waals surface area (Å²) in [6, 6.07) is 16.8. The van der Waals surface area contributed by atoms with Crippen molar-refractivity contribution in [1.82, 2.24) is 0 Å². The van der Waals surface area contributed by atoms with Gasteiger partial charge in [0.05, 0.1) is 5.57 Å². The predicted molar refractivity (Wildman–Crippen MR) is 94.9 cm³/mol. The van der Waals surface area contributed by atoms with E-state index in [4.69, 9.17) is 4.74 Å². The summed E-state index contributed by atoms with van der Waals surface area (Å²) in [5.74, 6) is -0.325. The second kappa shape index (κ2) is 7.91. The van der Waals surface area contributed by atoms with Crippen LogP contribution in [0, 0.1) is 0 Å². The molecule has 2 nitrogen and oxygen atoms in total. The minimum Gasteiger partial charge on any atom is -0.423 e. The Morgan fingerprint density at radius 2 is 1.71 bits per heavy atom. The number of hydrogen-bond acceptors (Lipinski definition) is 2. The Balaban J connectivity index is 1.95. The van der Waals surface area contributed by atoms with Crippen molar-refractivity contribution in [3.8, 4) is 5.75 Å². The first kappa shape index (κ1) is 17.9. The number of benzene rings is 2. The highest BCUT2D eigenvalue weighted by Gasteiger charge is 2.32. The zero-order valence-electron chi connectivity index (χ0n) is 14.2. The Morgan fingerprint density at radius 1 is 1.08 bits per heavy atom. The molecule has 1 atom stereocenters. The van der Waals surface area contributed by atoms with E-state index < -0.39 is 11.6 Å². The summed E-state index contributed by atoms with van der Waals surface area (Å²) < 4.78 is 20.1. The van der Waals surface area contributed by atoms with Gasteiger partial charge in [0, 0.05) is 0 Å². The van der Waals surface area contributed by atoms with Crippen LogP contribution in [-0.4, -0.2) is 11.6 Å². The lowest BCUT2D eigenvalue weighted by molar-refractivity contribution is -0.131. The number of aryl methyl sites for hydroxylation is 2. The van der Waals surface area contributed by atoms with Gasteiger partial charge in [-0.25, -0.2) is 9.18 Å². The Labute approximate surface area is 143 Å². The van der Waals surface area contributed by atoms with Crippen molar-refractivity contribution in [2.45, 2.75) is 38.8 Å². The van der Waals surface area contributed by atoms with Gasteiger partial charge in [-0.1, -0.05) is 56.0 Å². The molecule has 0 heterocycles. The van der Waals surface area contributed by atoms with Crippen molar-refractivity contribution in [2.24, 2.45) is 0 Å². The molecule has 0 radical (unpaired) electrons. The summed E-state index contributed by atoms with van der Waals surface area (Å²) in [6.45, 7) is 7.04. The summed E-state index contributed by atoms with van der Waals surface area (Å²) in [4.78, 5) is 12.2. The van der Waals surface area contributed by atoms with Crippen LogP contribution in [-0.2, 0) is 17.6 Å². The first-order valence-corrected chi connectivity index (χ1v) is 8.15. The average molecular weight is 326 g/mol. The standard InChI is InChI=1S/C21H23FO2/c1-4-17-10-12-19(13-11-17)24-20(23)16(2)21(3,22)15-14-18-8-6-5-7-9-18/h5-13H,2,4,14-15H2,1,3H3. The number of alkyl halides is 1. The van der Waals surface area contributed by atoms with Crippen molar-refractivity contribution in [3.63, 3.8) is 0 Å². The van der Waals surface area contributed by atoms with Crippen LogP contribution in [0.5, 0.6) is 5.75 Å². The highest BCUT2D eigenvalue weighted by molar-refractivity contribution is 5.91. The van der Waals surface area contributed by atoms with Gasteiger partial charge in [0.1, 0.15) is 11.4 Å². The maximum Gasteiger partial charge on any atom is 0.342 e. The fraction of sp³-hybridized carbons (Fsp3) is 0.286. The molecule has 0 aliphatic rings. The highest BCUT2D eigenvalue weighted by Crippen LogP contribution is 2.28. The van der Waals surface area contributed by atoms with Crippen LogP contribution in [0.4, 0.5) is 4.39 Å². The molecule has 0 saturated carbocycles. The zero-order chi connectivity index (χ0) is 17.6. The normalized spacial score (nSPS) is 13.1. The van der Waals surface area contributed by atoms with E-state index in [-0.39, 0.29) is 12.0 Å². The van der Waals surface area contributed by atoms with E-state index in [0.29, 0.717) is 12.2 Å². The van der Waals surface area contributed by atoms with Gasteiger partial charge in [0.15, 0.2) is 0 Å². The molecule has 0 N–H and O–H groups in total. The molecule has 24 heavy (non-hydrogen) atoms. The van der Waals surface area contributed by atoms with E-state index in [0.717, 1.165) is 17.5 Å². The number of rotatable bonds is 7. The lowest BCUT2D eigenvalue weighted by Gasteiger charge is -2.21. The van der Waals surface area contributed by atoms with Gasteiger partial charge >= 0.3 is 5.97 Å². The van der Waals surface area contributed by atoms with Gasteiger partial charge in [0.2, 0.25) is 0 Å². The minimum atomic E-state index is -1.81. The van der Waals surface area contributed by atoms with Crippen molar-refractivity contribution in [3.05, 3.63) is 77.9 Å². The molecular formula is C21H23FO2. The van der Waals surface area contributed by atoms with Crippen LogP contribution in [0.1, 0.15) is 31.4 Å². The number of hydrogen-bond donors (Lipinski definition) is 0. The third-order valence-electron chi connectivity index (χ3n) is 4.14. The van der Waals surface area contributed by atoms with Crippen molar-refractivity contribution in [2.75, 3.05) is 0 Å². The molecule has 0 aromatic heterocycles. The van der Waals surface area contributed by atoms with Crippen LogP contribution in [0.2, 0.25) is 0 Å². The lowest BCUT2D eigenvalue weighted by atomic mass is 9.92. The SMILES string of the molecule is C=C(C(=O)Oc1ccc(CC)cc1)C(C)(F)CCc1ccccc1. The molecule has 0 aliphatic heterocycles. The fourth-order valence-electron chi connectivity index (χ4n) is 2.35. The molecule has 3 heteroatoms. The van der Waals surface area contributed by atoms with Crippen molar-refractivity contribution < 1.29 is 13.9 Å². The predicted octanol–water partition coefficient (Wildman–Crippen LogP) is 5.07. The first-order chi connectivity index (χ1) is 11.4. The summed E-state index contributed by atoms with van der Waals surface area (Å²) in [6.07, 6.45) is 1.62. The number of halogens is 1. The molecule has 2 aromatic rings. The highest BCUT2D eigenvalue weighted by atomic mass is 19.1. The van der Waals surface area contributed by atoms with Crippen LogP contribution in [0.15, 0.2) is 66.7 Å². The van der Waals surface area contributed by atoms with E-state index in [1.807, 2.05) is 49.4 Å². The monoisotopic (exact) mass is 326 g/mol. The molecule has 1 unspecified atom stereocenters. The summed E-state index contributed by atoms with van der Waals surface area (Å²) in [5, 5.41) is 0. The van der Waals surface area contributed by atoms with E-state index in [9.17, 15) is 9.18 Å². The number of carbonyl (C=O) groups is 1. The van der Waals surface area contributed by atoms with Crippen molar-refractivity contribution in [1.29, 1.82) is 0 Å². The number of carbonyl (C=O) groups excluding carboxylic acids is 1. The van der Waals surface area contributed by atoms with Crippen LogP contribution < -0.4 is 4.74 Å². The molecule has 0 amide bonds. The number of ether oxygens (including phenoxy) is 1. The zero-order valence-corrected chi connectivity index (χ0v) is 14.2. The molecule has 0 bridgehead atoms. The molecule has 0 fully saturated rings. The molecule has 2 aromatic carbocycles. The van der Waals surface area contributed by atoms with E-state index in [2.05, 4.69) is 6.58 Å². The minimum absolute atomic E-state index is 0.155. The Kier molecular flexibility index (Phi) is 5.91. The van der Waals surface area contributed by atoms with Gasteiger partial charge in [-0.2, -0.15) is 0 Å². The lowest BCUT2D eigenvalue weighted by Crippen LogP contribution is -2.29. The molecular weight excluding hydrogens is 303 g/mol. The van der Waals surface area contributed by atoms with Crippen LogP contribution >= 0.6 is 0 Å². The van der Waals surface area contributed by atoms with Crippen LogP contribution in [0.3, 0.4) is 0 Å². The Morgan fingerprint density at radius 3 is 2.29 bits per heavy atom. The molecule has 2 rings (SSSR count). The summed E-state index contributed by atoms with van der Waals surface area (Å²) in [7, 11) is 0. The molecule has 0 saturated heterocycles. The van der Waals surface area contributed by atoms with E-state index in [1.165, 1.54) is 6.92 Å². The first-order valence-electron chi connectivity index (χ1n) is 8.15. The van der Waals surface area contributed by atoms with E-state index >= 15 is 0 Å². The average Bonchev–Trinajstić information content (AvgIpc) is 2.61. The van der Waals surface area contributed by atoms with E-state index in [1.54, 1.807) is 12.1 Å². The fourth-order valence-corrected chi connectivity index (χ4v) is 2.35. The third kappa shape index (κ3) is 4.79. The van der Waals surface area contributed by atoms with Gasteiger partial charge in [-0.15, -0.1) is 0 Å². The molecule has 0 spiro atoms. The maximum atomic E-state index is 14.8.